The first-order valence-corrected chi connectivity index (χ1v) is 8.50. The highest BCUT2D eigenvalue weighted by atomic mass is 19.1. The number of anilines is 1. The van der Waals surface area contributed by atoms with E-state index in [0.29, 0.717) is 16.9 Å². The fourth-order valence-electron chi connectivity index (χ4n) is 3.82. The van der Waals surface area contributed by atoms with Gasteiger partial charge in [0.15, 0.2) is 0 Å². The molecule has 1 aromatic heterocycles. The lowest BCUT2D eigenvalue weighted by atomic mass is 9.97. The van der Waals surface area contributed by atoms with E-state index in [1.54, 1.807) is 13.2 Å². The molecule has 2 unspecified atom stereocenters. The lowest BCUT2D eigenvalue weighted by Crippen LogP contribution is -2.14. The number of amides is 1. The SMILES string of the molecule is Cn1cc(C(=O)Nc2ccccc2C2CC2C2(C)CC2)c(CF)n1. The number of hydrogen-bond acceptors (Lipinski definition) is 2. The number of aromatic nitrogens is 2. The summed E-state index contributed by atoms with van der Waals surface area (Å²) >= 11 is 0. The van der Waals surface area contributed by atoms with Crippen molar-refractivity contribution in [1.29, 1.82) is 0 Å². The van der Waals surface area contributed by atoms with Crippen molar-refractivity contribution in [2.45, 2.75) is 38.8 Å². The average Bonchev–Trinajstić information content (AvgIpc) is 3.47. The zero-order valence-corrected chi connectivity index (χ0v) is 14.1. The van der Waals surface area contributed by atoms with Crippen LogP contribution < -0.4 is 5.32 Å². The Labute approximate surface area is 141 Å². The lowest BCUT2D eigenvalue weighted by Gasteiger charge is -2.12. The van der Waals surface area contributed by atoms with Gasteiger partial charge in [0.25, 0.3) is 5.91 Å². The number of carbonyl (C=O) groups is 1. The Morgan fingerprint density at radius 1 is 1.42 bits per heavy atom. The summed E-state index contributed by atoms with van der Waals surface area (Å²) in [5.74, 6) is 0.969. The van der Waals surface area contributed by atoms with Gasteiger partial charge in [0.05, 0.1) is 5.56 Å². The molecule has 1 N–H and O–H groups in total. The molecule has 0 aliphatic heterocycles. The number of para-hydroxylation sites is 1. The Hall–Kier alpha value is -2.17. The van der Waals surface area contributed by atoms with Crippen LogP contribution in [0.25, 0.3) is 0 Å². The predicted molar refractivity (Wildman–Crippen MR) is 90.6 cm³/mol. The second-order valence-electron chi connectivity index (χ2n) is 7.44. The third-order valence-electron chi connectivity index (χ3n) is 5.61. The van der Waals surface area contributed by atoms with Crippen LogP contribution >= 0.6 is 0 Å². The van der Waals surface area contributed by atoms with Gasteiger partial charge in [-0.15, -0.1) is 0 Å². The van der Waals surface area contributed by atoms with Crippen molar-refractivity contribution in [2.75, 3.05) is 5.32 Å². The van der Waals surface area contributed by atoms with E-state index in [9.17, 15) is 9.18 Å². The van der Waals surface area contributed by atoms with E-state index < -0.39 is 6.67 Å². The van der Waals surface area contributed by atoms with Crippen LogP contribution in [0, 0.1) is 11.3 Å². The van der Waals surface area contributed by atoms with Gasteiger partial charge in [-0.3, -0.25) is 9.48 Å². The van der Waals surface area contributed by atoms with Gasteiger partial charge < -0.3 is 5.32 Å². The number of aryl methyl sites for hydroxylation is 1. The number of alkyl halides is 1. The zero-order chi connectivity index (χ0) is 16.9. The maximum atomic E-state index is 13.0. The molecule has 2 aromatic rings. The molecule has 4 nitrogen and oxygen atoms in total. The molecule has 1 aromatic carbocycles. The van der Waals surface area contributed by atoms with Gasteiger partial charge in [-0.2, -0.15) is 5.10 Å². The third kappa shape index (κ3) is 2.62. The molecule has 0 bridgehead atoms. The van der Waals surface area contributed by atoms with Crippen molar-refractivity contribution < 1.29 is 9.18 Å². The molecular formula is C19H22FN3O. The summed E-state index contributed by atoms with van der Waals surface area (Å²) in [6, 6.07) is 7.98. The Bertz CT molecular complexity index is 794. The van der Waals surface area contributed by atoms with Crippen LogP contribution in [0.5, 0.6) is 0 Å². The van der Waals surface area contributed by atoms with E-state index >= 15 is 0 Å². The summed E-state index contributed by atoms with van der Waals surface area (Å²) in [7, 11) is 1.69. The molecule has 2 atom stereocenters. The highest BCUT2D eigenvalue weighted by Gasteiger charge is 2.56. The van der Waals surface area contributed by atoms with Crippen LogP contribution in [0.3, 0.4) is 0 Å². The van der Waals surface area contributed by atoms with Gasteiger partial charge in [0, 0.05) is 18.9 Å². The molecule has 24 heavy (non-hydrogen) atoms. The highest BCUT2D eigenvalue weighted by molar-refractivity contribution is 6.05. The molecule has 5 heteroatoms. The van der Waals surface area contributed by atoms with Gasteiger partial charge in [-0.05, 0) is 48.1 Å². The number of nitrogens with one attached hydrogen (secondary N) is 1. The van der Waals surface area contributed by atoms with E-state index in [-0.39, 0.29) is 11.6 Å². The summed E-state index contributed by atoms with van der Waals surface area (Å²) < 4.78 is 14.5. The summed E-state index contributed by atoms with van der Waals surface area (Å²) in [6.07, 6.45) is 5.40. The first-order chi connectivity index (χ1) is 11.5. The largest absolute Gasteiger partial charge is 0.322 e. The molecule has 0 saturated heterocycles. The van der Waals surface area contributed by atoms with E-state index in [1.165, 1.54) is 29.5 Å². The van der Waals surface area contributed by atoms with E-state index in [2.05, 4.69) is 23.4 Å². The smallest absolute Gasteiger partial charge is 0.259 e. The third-order valence-corrected chi connectivity index (χ3v) is 5.61. The standard InChI is InChI=1S/C19H22FN3O/c1-19(7-8-19)15-9-13(15)12-5-3-4-6-16(12)21-18(24)14-11-23(2)22-17(14)10-20/h3-6,11,13,15H,7-10H2,1-2H3,(H,21,24). The molecule has 4 rings (SSSR count). The lowest BCUT2D eigenvalue weighted by molar-refractivity contribution is 0.102. The van der Waals surface area contributed by atoms with Gasteiger partial charge in [0.1, 0.15) is 12.4 Å². The molecule has 2 saturated carbocycles. The minimum absolute atomic E-state index is 0.183. The van der Waals surface area contributed by atoms with Crippen molar-refractivity contribution in [3.63, 3.8) is 0 Å². The van der Waals surface area contributed by atoms with Crippen molar-refractivity contribution in [3.8, 4) is 0 Å². The zero-order valence-electron chi connectivity index (χ0n) is 14.1. The van der Waals surface area contributed by atoms with Crippen LogP contribution in [0.1, 0.15) is 53.7 Å². The molecule has 0 spiro atoms. The molecule has 2 aliphatic carbocycles. The van der Waals surface area contributed by atoms with Gasteiger partial charge in [-0.25, -0.2) is 4.39 Å². The first kappa shape index (κ1) is 15.4. The second-order valence-corrected chi connectivity index (χ2v) is 7.44. The van der Waals surface area contributed by atoms with Crippen molar-refractivity contribution in [1.82, 2.24) is 9.78 Å². The Morgan fingerprint density at radius 2 is 2.17 bits per heavy atom. The summed E-state index contributed by atoms with van der Waals surface area (Å²) in [5.41, 5.74) is 3.04. The van der Waals surface area contributed by atoms with Crippen LogP contribution in [-0.4, -0.2) is 15.7 Å². The molecule has 1 heterocycles. The minimum Gasteiger partial charge on any atom is -0.322 e. The highest BCUT2D eigenvalue weighted by Crippen LogP contribution is 2.67. The topological polar surface area (TPSA) is 46.9 Å². The molecular weight excluding hydrogens is 305 g/mol. The summed E-state index contributed by atoms with van der Waals surface area (Å²) in [5, 5.41) is 6.96. The molecule has 2 aliphatic rings. The Morgan fingerprint density at radius 3 is 2.88 bits per heavy atom. The quantitative estimate of drug-likeness (QED) is 0.901. The van der Waals surface area contributed by atoms with Crippen molar-refractivity contribution in [2.24, 2.45) is 18.4 Å². The normalized spacial score (nSPS) is 23.8. The van der Waals surface area contributed by atoms with Crippen LogP contribution in [0.2, 0.25) is 0 Å². The summed E-state index contributed by atoms with van der Waals surface area (Å²) in [4.78, 5) is 12.6. The average molecular weight is 327 g/mol. The number of hydrogen-bond donors (Lipinski definition) is 1. The van der Waals surface area contributed by atoms with Gasteiger partial charge in [0.2, 0.25) is 0 Å². The number of rotatable bonds is 5. The fourth-order valence-corrected chi connectivity index (χ4v) is 3.82. The van der Waals surface area contributed by atoms with Gasteiger partial charge >= 0.3 is 0 Å². The van der Waals surface area contributed by atoms with Crippen molar-refractivity contribution in [3.05, 3.63) is 47.3 Å². The van der Waals surface area contributed by atoms with E-state index in [1.807, 2.05) is 18.2 Å². The minimum atomic E-state index is -0.742. The van der Waals surface area contributed by atoms with Crippen LogP contribution in [-0.2, 0) is 13.7 Å². The molecule has 2 fully saturated rings. The van der Waals surface area contributed by atoms with Crippen LogP contribution in [0.15, 0.2) is 30.5 Å². The van der Waals surface area contributed by atoms with E-state index in [4.69, 9.17) is 0 Å². The number of carbonyl (C=O) groups excluding carboxylic acids is 1. The number of halogens is 1. The Balaban J connectivity index is 1.56. The monoisotopic (exact) mass is 327 g/mol. The van der Waals surface area contributed by atoms with Crippen LogP contribution in [0.4, 0.5) is 10.1 Å². The second kappa shape index (κ2) is 5.43. The molecule has 0 radical (unpaired) electrons. The number of nitrogens with zero attached hydrogens (tertiary/aromatic N) is 2. The fraction of sp³-hybridized carbons (Fsp3) is 0.474. The molecule has 126 valence electrons. The maximum Gasteiger partial charge on any atom is 0.259 e. The van der Waals surface area contributed by atoms with Crippen molar-refractivity contribution >= 4 is 11.6 Å². The van der Waals surface area contributed by atoms with Gasteiger partial charge in [-0.1, -0.05) is 25.1 Å². The van der Waals surface area contributed by atoms with E-state index in [0.717, 1.165) is 11.6 Å². The first-order valence-electron chi connectivity index (χ1n) is 8.50. The Kier molecular flexibility index (Phi) is 3.48. The molecule has 1 amide bonds. The maximum absolute atomic E-state index is 13.0. The summed E-state index contributed by atoms with van der Waals surface area (Å²) in [6.45, 7) is 1.62. The predicted octanol–water partition coefficient (Wildman–Crippen LogP) is 4.05. The number of benzene rings is 1.